The second-order valence-electron chi connectivity index (χ2n) is 6.62. The minimum absolute atomic E-state index is 0.0252. The molecule has 0 unspecified atom stereocenters. The summed E-state index contributed by atoms with van der Waals surface area (Å²) >= 11 is 0. The molecule has 0 aromatic heterocycles. The number of ether oxygens (including phenoxy) is 1. The molecule has 6 nitrogen and oxygen atoms in total. The number of sulfonamides is 1. The summed E-state index contributed by atoms with van der Waals surface area (Å²) in [5.41, 5.74) is 1.36. The van der Waals surface area contributed by atoms with E-state index in [1.807, 2.05) is 30.3 Å². The zero-order valence-corrected chi connectivity index (χ0v) is 16.3. The number of hydrogen-bond acceptors (Lipinski definition) is 4. The van der Waals surface area contributed by atoms with Crippen molar-refractivity contribution in [3.63, 3.8) is 0 Å². The van der Waals surface area contributed by atoms with Crippen LogP contribution in [0.15, 0.2) is 53.4 Å². The average Bonchev–Trinajstić information content (AvgIpc) is 3.46. The van der Waals surface area contributed by atoms with Gasteiger partial charge in [-0.05, 0) is 49.4 Å². The number of anilines is 1. The first-order chi connectivity index (χ1) is 12.9. The first-order valence-corrected chi connectivity index (χ1v) is 10.5. The number of carbonyl (C=O) groups excluding carboxylic acids is 1. The second kappa shape index (κ2) is 8.10. The van der Waals surface area contributed by atoms with Gasteiger partial charge in [-0.3, -0.25) is 4.79 Å². The molecule has 0 saturated heterocycles. The van der Waals surface area contributed by atoms with Crippen LogP contribution in [-0.2, 0) is 14.8 Å². The van der Waals surface area contributed by atoms with Crippen LogP contribution in [0.25, 0.3) is 0 Å². The Kier molecular flexibility index (Phi) is 5.82. The molecule has 2 aromatic rings. The van der Waals surface area contributed by atoms with Crippen molar-refractivity contribution in [2.24, 2.45) is 5.92 Å². The quantitative estimate of drug-likeness (QED) is 0.725. The molecular weight excluding hydrogens is 364 g/mol. The number of benzene rings is 2. The maximum Gasteiger partial charge on any atom is 0.244 e. The predicted octanol–water partition coefficient (Wildman–Crippen LogP) is 3.47. The number of rotatable bonds is 8. The van der Waals surface area contributed by atoms with E-state index in [0.29, 0.717) is 12.3 Å². The van der Waals surface area contributed by atoms with Crippen LogP contribution in [0.5, 0.6) is 5.75 Å². The molecule has 1 aliphatic carbocycles. The smallest absolute Gasteiger partial charge is 0.244 e. The van der Waals surface area contributed by atoms with E-state index in [9.17, 15) is 13.2 Å². The zero-order chi connectivity index (χ0) is 19.4. The molecule has 2 N–H and O–H groups in total. The van der Waals surface area contributed by atoms with Gasteiger partial charge in [-0.2, -0.15) is 0 Å². The van der Waals surface area contributed by atoms with E-state index in [4.69, 9.17) is 4.74 Å². The molecular formula is C20H24N2O4S. The minimum Gasteiger partial charge on any atom is -0.492 e. The van der Waals surface area contributed by atoms with E-state index in [0.717, 1.165) is 18.4 Å². The van der Waals surface area contributed by atoms with Crippen molar-refractivity contribution in [2.45, 2.75) is 37.6 Å². The lowest BCUT2D eigenvalue weighted by molar-refractivity contribution is -0.114. The van der Waals surface area contributed by atoms with Crippen LogP contribution in [0.1, 0.15) is 38.3 Å². The monoisotopic (exact) mass is 388 g/mol. The van der Waals surface area contributed by atoms with Crippen LogP contribution in [-0.4, -0.2) is 20.9 Å². The summed E-state index contributed by atoms with van der Waals surface area (Å²) < 4.78 is 34.7. The molecule has 1 fully saturated rings. The second-order valence-corrected chi connectivity index (χ2v) is 8.31. The van der Waals surface area contributed by atoms with Gasteiger partial charge in [0.1, 0.15) is 10.6 Å². The van der Waals surface area contributed by atoms with Gasteiger partial charge < -0.3 is 10.1 Å². The van der Waals surface area contributed by atoms with Crippen LogP contribution in [0.3, 0.4) is 0 Å². The molecule has 1 aliphatic rings. The summed E-state index contributed by atoms with van der Waals surface area (Å²) in [6, 6.07) is 13.9. The van der Waals surface area contributed by atoms with Gasteiger partial charge in [0, 0.05) is 18.7 Å². The largest absolute Gasteiger partial charge is 0.492 e. The number of hydrogen-bond donors (Lipinski definition) is 2. The molecule has 1 saturated carbocycles. The summed E-state index contributed by atoms with van der Waals surface area (Å²) in [5.74, 6) is 0.286. The highest BCUT2D eigenvalue weighted by atomic mass is 32.2. The highest BCUT2D eigenvalue weighted by Gasteiger charge is 2.36. The van der Waals surface area contributed by atoms with Crippen LogP contribution >= 0.6 is 0 Å². The van der Waals surface area contributed by atoms with Crippen molar-refractivity contribution in [2.75, 3.05) is 11.9 Å². The Bertz CT molecular complexity index is 909. The van der Waals surface area contributed by atoms with Crippen LogP contribution < -0.4 is 14.8 Å². The minimum atomic E-state index is -3.85. The van der Waals surface area contributed by atoms with E-state index >= 15 is 0 Å². The normalized spacial score (nSPS) is 15.2. The van der Waals surface area contributed by atoms with Crippen LogP contribution in [0.4, 0.5) is 5.69 Å². The number of amides is 1. The van der Waals surface area contributed by atoms with Gasteiger partial charge in [-0.1, -0.05) is 30.3 Å². The maximum atomic E-state index is 13.2. The molecule has 2 aromatic carbocycles. The third-order valence-electron chi connectivity index (χ3n) is 4.39. The van der Waals surface area contributed by atoms with Gasteiger partial charge in [0.2, 0.25) is 15.9 Å². The average molecular weight is 388 g/mol. The molecule has 144 valence electrons. The predicted molar refractivity (Wildman–Crippen MR) is 104 cm³/mol. The Morgan fingerprint density at radius 1 is 1.19 bits per heavy atom. The van der Waals surface area contributed by atoms with Gasteiger partial charge in [0.15, 0.2) is 0 Å². The van der Waals surface area contributed by atoms with Gasteiger partial charge in [-0.15, -0.1) is 0 Å². The van der Waals surface area contributed by atoms with E-state index in [1.54, 1.807) is 19.1 Å². The van der Waals surface area contributed by atoms with Crippen molar-refractivity contribution in [3.05, 3.63) is 54.1 Å². The van der Waals surface area contributed by atoms with Gasteiger partial charge in [-0.25, -0.2) is 13.1 Å². The Labute approximate surface area is 160 Å². The number of carbonyl (C=O) groups is 1. The molecule has 1 atom stereocenters. The van der Waals surface area contributed by atoms with Crippen molar-refractivity contribution in [1.29, 1.82) is 0 Å². The highest BCUT2D eigenvalue weighted by Crippen LogP contribution is 2.42. The fourth-order valence-electron chi connectivity index (χ4n) is 3.03. The molecule has 1 amide bonds. The summed E-state index contributed by atoms with van der Waals surface area (Å²) in [6.07, 6.45) is 1.98. The molecule has 3 rings (SSSR count). The van der Waals surface area contributed by atoms with E-state index in [2.05, 4.69) is 10.0 Å². The summed E-state index contributed by atoms with van der Waals surface area (Å²) in [6.45, 7) is 3.51. The molecule has 0 aliphatic heterocycles. The molecule has 0 spiro atoms. The van der Waals surface area contributed by atoms with Crippen molar-refractivity contribution in [3.8, 4) is 5.75 Å². The van der Waals surface area contributed by atoms with E-state index in [-0.39, 0.29) is 28.5 Å². The van der Waals surface area contributed by atoms with Gasteiger partial charge >= 0.3 is 0 Å². The van der Waals surface area contributed by atoms with Gasteiger partial charge in [0.25, 0.3) is 0 Å². The molecule has 27 heavy (non-hydrogen) atoms. The fourth-order valence-corrected chi connectivity index (χ4v) is 4.49. The standard InChI is InChI=1S/C20H24N2O4S/c1-3-26-18-12-11-17(21-14(2)23)13-19(18)27(24,25)22-20(16-9-10-16)15-7-5-4-6-8-15/h4-8,11-13,16,20,22H,3,9-10H2,1-2H3,(H,21,23)/t20-/m0/s1. The Balaban J connectivity index is 1.95. The van der Waals surface area contributed by atoms with Crippen molar-refractivity contribution >= 4 is 21.6 Å². The van der Waals surface area contributed by atoms with Crippen LogP contribution in [0, 0.1) is 5.92 Å². The maximum absolute atomic E-state index is 13.2. The molecule has 7 heteroatoms. The first kappa shape index (κ1) is 19.4. The highest BCUT2D eigenvalue weighted by molar-refractivity contribution is 7.89. The zero-order valence-electron chi connectivity index (χ0n) is 15.4. The Hall–Kier alpha value is -2.38. The van der Waals surface area contributed by atoms with Gasteiger partial charge in [0.05, 0.1) is 6.61 Å². The first-order valence-electron chi connectivity index (χ1n) is 9.02. The lowest BCUT2D eigenvalue weighted by Crippen LogP contribution is -2.30. The summed E-state index contributed by atoms with van der Waals surface area (Å²) in [5, 5.41) is 2.62. The summed E-state index contributed by atoms with van der Waals surface area (Å²) in [7, 11) is -3.85. The third-order valence-corrected chi connectivity index (χ3v) is 5.85. The SMILES string of the molecule is CCOc1ccc(NC(C)=O)cc1S(=O)(=O)N[C@@H](c1ccccc1)C1CC1. The summed E-state index contributed by atoms with van der Waals surface area (Å²) in [4.78, 5) is 11.4. The third kappa shape index (κ3) is 4.87. The molecule has 0 bridgehead atoms. The van der Waals surface area contributed by atoms with E-state index < -0.39 is 10.0 Å². The fraction of sp³-hybridized carbons (Fsp3) is 0.350. The number of nitrogens with one attached hydrogen (secondary N) is 2. The van der Waals surface area contributed by atoms with Crippen molar-refractivity contribution in [1.82, 2.24) is 4.72 Å². The lowest BCUT2D eigenvalue weighted by atomic mass is 10.0. The Morgan fingerprint density at radius 3 is 2.48 bits per heavy atom. The molecule has 0 radical (unpaired) electrons. The topological polar surface area (TPSA) is 84.5 Å². The lowest BCUT2D eigenvalue weighted by Gasteiger charge is -2.20. The molecule has 0 heterocycles. The van der Waals surface area contributed by atoms with Crippen LogP contribution in [0.2, 0.25) is 0 Å². The van der Waals surface area contributed by atoms with Crippen molar-refractivity contribution < 1.29 is 17.9 Å². The Morgan fingerprint density at radius 2 is 1.89 bits per heavy atom. The van der Waals surface area contributed by atoms with E-state index in [1.165, 1.54) is 13.0 Å².